The summed E-state index contributed by atoms with van der Waals surface area (Å²) in [5, 5.41) is 3.15. The van der Waals surface area contributed by atoms with Crippen LogP contribution in [0.15, 0.2) is 16.6 Å². The van der Waals surface area contributed by atoms with Gasteiger partial charge in [0.1, 0.15) is 0 Å². The molecule has 0 aliphatic heterocycles. The molecule has 0 bridgehead atoms. The van der Waals surface area contributed by atoms with E-state index in [0.717, 1.165) is 22.9 Å². The van der Waals surface area contributed by atoms with E-state index in [2.05, 4.69) is 28.2 Å². The fraction of sp³-hybridized carbons (Fsp3) is 0.533. The van der Waals surface area contributed by atoms with E-state index in [-0.39, 0.29) is 5.91 Å². The van der Waals surface area contributed by atoms with Crippen molar-refractivity contribution in [1.82, 2.24) is 5.32 Å². The molecule has 0 spiro atoms. The molecule has 104 valence electrons. The smallest absolute Gasteiger partial charge is 0.251 e. The normalized spacial score (nSPS) is 23.1. The van der Waals surface area contributed by atoms with Crippen LogP contribution in [0.2, 0.25) is 0 Å². The third-order valence-corrected chi connectivity index (χ3v) is 4.39. The van der Waals surface area contributed by atoms with Gasteiger partial charge < -0.3 is 11.1 Å². The van der Waals surface area contributed by atoms with Gasteiger partial charge in [-0.05, 0) is 43.4 Å². The van der Waals surface area contributed by atoms with Gasteiger partial charge >= 0.3 is 0 Å². The Labute approximate surface area is 123 Å². The zero-order valence-corrected chi connectivity index (χ0v) is 13.1. The van der Waals surface area contributed by atoms with E-state index in [0.29, 0.717) is 23.2 Å². The maximum absolute atomic E-state index is 12.4. The number of carbonyl (C=O) groups excluding carboxylic acids is 1. The SMILES string of the molecule is Cc1c(N)cc(Br)cc1C(=O)NC1CCCC(C)C1. The molecule has 1 fully saturated rings. The highest BCUT2D eigenvalue weighted by Crippen LogP contribution is 2.26. The molecule has 2 atom stereocenters. The molecule has 0 heterocycles. The summed E-state index contributed by atoms with van der Waals surface area (Å²) >= 11 is 3.39. The van der Waals surface area contributed by atoms with Crippen LogP contribution in [0.4, 0.5) is 5.69 Å². The van der Waals surface area contributed by atoms with Crippen LogP contribution in [0.5, 0.6) is 0 Å². The quantitative estimate of drug-likeness (QED) is 0.816. The van der Waals surface area contributed by atoms with Gasteiger partial charge in [0.2, 0.25) is 0 Å². The molecule has 1 aromatic carbocycles. The zero-order valence-electron chi connectivity index (χ0n) is 11.5. The van der Waals surface area contributed by atoms with Crippen molar-refractivity contribution in [3.8, 4) is 0 Å². The van der Waals surface area contributed by atoms with Gasteiger partial charge in [-0.1, -0.05) is 35.7 Å². The molecular formula is C15H21BrN2O. The number of rotatable bonds is 2. The summed E-state index contributed by atoms with van der Waals surface area (Å²) in [6.45, 7) is 4.14. The molecule has 1 aromatic rings. The lowest BCUT2D eigenvalue weighted by molar-refractivity contribution is 0.0921. The van der Waals surface area contributed by atoms with E-state index in [1.807, 2.05) is 19.1 Å². The van der Waals surface area contributed by atoms with Crippen molar-refractivity contribution in [3.63, 3.8) is 0 Å². The number of hydrogen-bond acceptors (Lipinski definition) is 2. The van der Waals surface area contributed by atoms with E-state index >= 15 is 0 Å². The van der Waals surface area contributed by atoms with E-state index in [4.69, 9.17) is 5.73 Å². The van der Waals surface area contributed by atoms with Crippen molar-refractivity contribution >= 4 is 27.5 Å². The second-order valence-electron chi connectivity index (χ2n) is 5.61. The standard InChI is InChI=1S/C15H21BrN2O/c1-9-4-3-5-12(6-9)18-15(19)13-7-11(16)8-14(17)10(13)2/h7-9,12H,3-6,17H2,1-2H3,(H,18,19). The zero-order chi connectivity index (χ0) is 14.0. The van der Waals surface area contributed by atoms with Crippen LogP contribution in [0.3, 0.4) is 0 Å². The monoisotopic (exact) mass is 324 g/mol. The van der Waals surface area contributed by atoms with E-state index in [1.54, 1.807) is 0 Å². The van der Waals surface area contributed by atoms with Gasteiger partial charge in [0.25, 0.3) is 5.91 Å². The van der Waals surface area contributed by atoms with Crippen molar-refractivity contribution in [1.29, 1.82) is 0 Å². The van der Waals surface area contributed by atoms with Gasteiger partial charge in [-0.15, -0.1) is 0 Å². The third kappa shape index (κ3) is 3.50. The molecule has 3 nitrogen and oxygen atoms in total. The number of anilines is 1. The lowest BCUT2D eigenvalue weighted by Gasteiger charge is -2.27. The second-order valence-corrected chi connectivity index (χ2v) is 6.53. The predicted molar refractivity (Wildman–Crippen MR) is 82.2 cm³/mol. The van der Waals surface area contributed by atoms with Crippen LogP contribution < -0.4 is 11.1 Å². The third-order valence-electron chi connectivity index (χ3n) is 3.93. The lowest BCUT2D eigenvalue weighted by Crippen LogP contribution is -2.38. The highest BCUT2D eigenvalue weighted by atomic mass is 79.9. The van der Waals surface area contributed by atoms with Crippen LogP contribution in [0, 0.1) is 12.8 Å². The van der Waals surface area contributed by atoms with E-state index in [1.165, 1.54) is 12.8 Å². The van der Waals surface area contributed by atoms with E-state index < -0.39 is 0 Å². The molecule has 1 aliphatic rings. The minimum atomic E-state index is -0.00963. The number of nitrogens with one attached hydrogen (secondary N) is 1. The average Bonchev–Trinajstić information content (AvgIpc) is 2.33. The maximum atomic E-state index is 12.4. The lowest BCUT2D eigenvalue weighted by atomic mass is 9.87. The van der Waals surface area contributed by atoms with Gasteiger partial charge in [-0.2, -0.15) is 0 Å². The molecule has 0 aromatic heterocycles. The van der Waals surface area contributed by atoms with Crippen LogP contribution in [0.25, 0.3) is 0 Å². The summed E-state index contributed by atoms with van der Waals surface area (Å²) < 4.78 is 0.845. The van der Waals surface area contributed by atoms with Crippen molar-refractivity contribution in [2.24, 2.45) is 5.92 Å². The Bertz CT molecular complexity index is 487. The Morgan fingerprint density at radius 1 is 1.42 bits per heavy atom. The molecular weight excluding hydrogens is 304 g/mol. The second kappa shape index (κ2) is 5.95. The van der Waals surface area contributed by atoms with Crippen LogP contribution in [0.1, 0.15) is 48.5 Å². The van der Waals surface area contributed by atoms with Crippen LogP contribution in [-0.2, 0) is 0 Å². The number of nitrogen functional groups attached to an aromatic ring is 1. The minimum Gasteiger partial charge on any atom is -0.398 e. The fourth-order valence-electron chi connectivity index (χ4n) is 2.76. The Balaban J connectivity index is 2.11. The number of benzene rings is 1. The molecule has 3 N–H and O–H groups in total. The minimum absolute atomic E-state index is 0.00963. The van der Waals surface area contributed by atoms with Gasteiger partial charge in [0, 0.05) is 21.8 Å². The van der Waals surface area contributed by atoms with Crippen molar-refractivity contribution in [2.45, 2.75) is 45.6 Å². The molecule has 19 heavy (non-hydrogen) atoms. The fourth-order valence-corrected chi connectivity index (χ4v) is 3.24. The number of amides is 1. The first kappa shape index (κ1) is 14.4. The summed E-state index contributed by atoms with van der Waals surface area (Å²) in [6.07, 6.45) is 4.63. The number of carbonyl (C=O) groups is 1. The maximum Gasteiger partial charge on any atom is 0.251 e. The molecule has 1 amide bonds. The highest BCUT2D eigenvalue weighted by Gasteiger charge is 2.22. The Morgan fingerprint density at radius 3 is 2.84 bits per heavy atom. The first-order valence-electron chi connectivity index (χ1n) is 6.84. The Kier molecular flexibility index (Phi) is 4.50. The summed E-state index contributed by atoms with van der Waals surface area (Å²) in [5.41, 5.74) is 8.08. The summed E-state index contributed by atoms with van der Waals surface area (Å²) in [4.78, 5) is 12.4. The van der Waals surface area contributed by atoms with Crippen molar-refractivity contribution < 1.29 is 4.79 Å². The number of nitrogens with two attached hydrogens (primary N) is 1. The van der Waals surface area contributed by atoms with Gasteiger partial charge in [0.05, 0.1) is 0 Å². The predicted octanol–water partition coefficient (Wildman–Crippen LogP) is 3.65. The van der Waals surface area contributed by atoms with Crippen molar-refractivity contribution in [2.75, 3.05) is 5.73 Å². The van der Waals surface area contributed by atoms with Gasteiger partial charge in [0.15, 0.2) is 0 Å². The molecule has 0 saturated heterocycles. The number of hydrogen-bond donors (Lipinski definition) is 2. The van der Waals surface area contributed by atoms with Gasteiger partial charge in [-0.3, -0.25) is 4.79 Å². The Morgan fingerprint density at radius 2 is 2.16 bits per heavy atom. The molecule has 1 saturated carbocycles. The summed E-state index contributed by atoms with van der Waals surface area (Å²) in [6, 6.07) is 3.97. The largest absolute Gasteiger partial charge is 0.398 e. The molecule has 1 aliphatic carbocycles. The summed E-state index contributed by atoms with van der Waals surface area (Å²) in [5.74, 6) is 0.692. The van der Waals surface area contributed by atoms with Crippen LogP contribution in [-0.4, -0.2) is 11.9 Å². The molecule has 2 unspecified atom stereocenters. The highest BCUT2D eigenvalue weighted by molar-refractivity contribution is 9.10. The first-order valence-corrected chi connectivity index (χ1v) is 7.63. The summed E-state index contributed by atoms with van der Waals surface area (Å²) in [7, 11) is 0. The Hall–Kier alpha value is -1.03. The topological polar surface area (TPSA) is 55.1 Å². The molecule has 4 heteroatoms. The number of halogens is 1. The average molecular weight is 325 g/mol. The molecule has 2 rings (SSSR count). The van der Waals surface area contributed by atoms with Gasteiger partial charge in [-0.25, -0.2) is 0 Å². The molecule has 0 radical (unpaired) electrons. The van der Waals surface area contributed by atoms with Crippen molar-refractivity contribution in [3.05, 3.63) is 27.7 Å². The van der Waals surface area contributed by atoms with E-state index in [9.17, 15) is 4.79 Å². The first-order chi connectivity index (χ1) is 8.97. The van der Waals surface area contributed by atoms with Crippen LogP contribution >= 0.6 is 15.9 Å².